The largest absolute Gasteiger partial charge is 0.395 e. The van der Waals surface area contributed by atoms with E-state index in [4.69, 9.17) is 5.11 Å². The van der Waals surface area contributed by atoms with Crippen molar-refractivity contribution in [1.29, 1.82) is 0 Å². The Bertz CT molecular complexity index is 298. The Kier molecular flexibility index (Phi) is 4.28. The average molecular weight is 212 g/mol. The fourth-order valence-corrected chi connectivity index (χ4v) is 1.62. The van der Waals surface area contributed by atoms with Gasteiger partial charge in [-0.15, -0.1) is 17.9 Å². The van der Waals surface area contributed by atoms with Crippen molar-refractivity contribution in [2.75, 3.05) is 19.7 Å². The van der Waals surface area contributed by atoms with Crippen LogP contribution in [0.3, 0.4) is 0 Å². The fourth-order valence-electron chi connectivity index (χ4n) is 1.03. The zero-order valence-corrected chi connectivity index (χ0v) is 8.54. The normalized spacial score (nSPS) is 9.79. The molecule has 1 N–H and O–H groups in total. The van der Waals surface area contributed by atoms with Gasteiger partial charge >= 0.3 is 0 Å². The van der Waals surface area contributed by atoms with E-state index in [1.54, 1.807) is 11.6 Å². The van der Waals surface area contributed by atoms with E-state index in [1.165, 1.54) is 22.4 Å². The van der Waals surface area contributed by atoms with Gasteiger partial charge in [-0.3, -0.25) is 9.78 Å². The molecule has 0 bridgehead atoms. The lowest BCUT2D eigenvalue weighted by molar-refractivity contribution is 0.0747. The summed E-state index contributed by atoms with van der Waals surface area (Å²) in [7, 11) is 0. The number of rotatable bonds is 5. The van der Waals surface area contributed by atoms with E-state index < -0.39 is 0 Å². The molecule has 5 heteroatoms. The van der Waals surface area contributed by atoms with Crippen molar-refractivity contribution in [3.63, 3.8) is 0 Å². The molecule has 4 nitrogen and oxygen atoms in total. The second-order valence-electron chi connectivity index (χ2n) is 2.63. The molecule has 0 aliphatic carbocycles. The number of hydrogen-bond donors (Lipinski definition) is 1. The van der Waals surface area contributed by atoms with Crippen molar-refractivity contribution in [1.82, 2.24) is 9.88 Å². The SMILES string of the molecule is C=CCN(CCO)C(=O)c1cncs1. The predicted molar refractivity (Wildman–Crippen MR) is 55.3 cm³/mol. The Morgan fingerprint density at radius 3 is 3.07 bits per heavy atom. The van der Waals surface area contributed by atoms with Gasteiger partial charge < -0.3 is 10.0 Å². The molecule has 14 heavy (non-hydrogen) atoms. The molecule has 1 rings (SSSR count). The van der Waals surface area contributed by atoms with Gasteiger partial charge in [-0.2, -0.15) is 0 Å². The first-order valence-corrected chi connectivity index (χ1v) is 5.07. The summed E-state index contributed by atoms with van der Waals surface area (Å²) in [6, 6.07) is 0. The molecule has 0 saturated heterocycles. The maximum atomic E-state index is 11.7. The molecule has 0 aliphatic heterocycles. The van der Waals surface area contributed by atoms with Crippen LogP contribution in [-0.2, 0) is 0 Å². The van der Waals surface area contributed by atoms with Gasteiger partial charge in [0, 0.05) is 13.1 Å². The smallest absolute Gasteiger partial charge is 0.265 e. The second-order valence-corrected chi connectivity index (χ2v) is 3.52. The van der Waals surface area contributed by atoms with Gasteiger partial charge in [0.1, 0.15) is 4.88 Å². The van der Waals surface area contributed by atoms with E-state index in [0.717, 1.165) is 0 Å². The fraction of sp³-hybridized carbons (Fsp3) is 0.333. The van der Waals surface area contributed by atoms with E-state index >= 15 is 0 Å². The van der Waals surface area contributed by atoms with Gasteiger partial charge in [0.2, 0.25) is 0 Å². The first-order chi connectivity index (χ1) is 6.79. The highest BCUT2D eigenvalue weighted by molar-refractivity contribution is 7.11. The molecule has 0 fully saturated rings. The van der Waals surface area contributed by atoms with Crippen molar-refractivity contribution in [3.05, 3.63) is 29.2 Å². The number of thiazole rings is 1. The van der Waals surface area contributed by atoms with Crippen LogP contribution in [0.5, 0.6) is 0 Å². The molecule has 76 valence electrons. The number of aliphatic hydroxyl groups is 1. The molecule has 0 spiro atoms. The summed E-state index contributed by atoms with van der Waals surface area (Å²) in [5, 5.41) is 8.77. The lowest BCUT2D eigenvalue weighted by atomic mass is 10.4. The Morgan fingerprint density at radius 2 is 2.57 bits per heavy atom. The molecule has 1 aromatic rings. The Hall–Kier alpha value is -1.20. The first-order valence-electron chi connectivity index (χ1n) is 4.19. The van der Waals surface area contributed by atoms with Crippen molar-refractivity contribution in [2.45, 2.75) is 0 Å². The van der Waals surface area contributed by atoms with Crippen molar-refractivity contribution >= 4 is 17.2 Å². The highest BCUT2D eigenvalue weighted by Crippen LogP contribution is 2.09. The molecular weight excluding hydrogens is 200 g/mol. The number of nitrogens with zero attached hydrogens (tertiary/aromatic N) is 2. The minimum atomic E-state index is -0.110. The highest BCUT2D eigenvalue weighted by atomic mass is 32.1. The standard InChI is InChI=1S/C9H12N2O2S/c1-2-3-11(4-5-12)9(13)8-6-10-7-14-8/h2,6-7,12H,1,3-5H2. The van der Waals surface area contributed by atoms with E-state index in [1.807, 2.05) is 0 Å². The summed E-state index contributed by atoms with van der Waals surface area (Å²) >= 11 is 1.29. The summed E-state index contributed by atoms with van der Waals surface area (Å²) < 4.78 is 0. The van der Waals surface area contributed by atoms with Crippen LogP contribution in [0.1, 0.15) is 9.67 Å². The topological polar surface area (TPSA) is 53.4 Å². The summed E-state index contributed by atoms with van der Waals surface area (Å²) in [5.41, 5.74) is 1.61. The maximum Gasteiger partial charge on any atom is 0.265 e. The quantitative estimate of drug-likeness (QED) is 0.733. The molecular formula is C9H12N2O2S. The third kappa shape index (κ3) is 2.65. The molecule has 0 saturated carbocycles. The zero-order chi connectivity index (χ0) is 10.4. The van der Waals surface area contributed by atoms with Crippen LogP contribution in [0, 0.1) is 0 Å². The van der Waals surface area contributed by atoms with E-state index in [-0.39, 0.29) is 12.5 Å². The Morgan fingerprint density at radius 1 is 1.79 bits per heavy atom. The van der Waals surface area contributed by atoms with Crippen LogP contribution in [0.25, 0.3) is 0 Å². The molecule has 0 aliphatic rings. The van der Waals surface area contributed by atoms with Crippen molar-refractivity contribution < 1.29 is 9.90 Å². The first kappa shape index (κ1) is 10.9. The van der Waals surface area contributed by atoms with E-state index in [0.29, 0.717) is 18.0 Å². The summed E-state index contributed by atoms with van der Waals surface area (Å²) in [6.07, 6.45) is 3.16. The van der Waals surface area contributed by atoms with Crippen molar-refractivity contribution in [3.8, 4) is 0 Å². The third-order valence-corrected chi connectivity index (χ3v) is 2.41. The van der Waals surface area contributed by atoms with Crippen LogP contribution < -0.4 is 0 Å². The summed E-state index contributed by atoms with van der Waals surface area (Å²) in [4.78, 5) is 17.7. The van der Waals surface area contributed by atoms with Gasteiger partial charge in [-0.25, -0.2) is 0 Å². The number of carbonyl (C=O) groups excluding carboxylic acids is 1. The van der Waals surface area contributed by atoms with Crippen LogP contribution in [-0.4, -0.2) is 40.6 Å². The highest BCUT2D eigenvalue weighted by Gasteiger charge is 2.14. The number of hydrogen-bond acceptors (Lipinski definition) is 4. The van der Waals surface area contributed by atoms with Crippen LogP contribution >= 0.6 is 11.3 Å². The van der Waals surface area contributed by atoms with Gasteiger partial charge in [-0.05, 0) is 0 Å². The van der Waals surface area contributed by atoms with E-state index in [9.17, 15) is 4.79 Å². The molecule has 1 aromatic heterocycles. The van der Waals surface area contributed by atoms with Crippen LogP contribution in [0.4, 0.5) is 0 Å². The minimum Gasteiger partial charge on any atom is -0.395 e. The minimum absolute atomic E-state index is 0.0433. The summed E-state index contributed by atoms with van der Waals surface area (Å²) in [5.74, 6) is -0.110. The van der Waals surface area contributed by atoms with Gasteiger partial charge in [0.15, 0.2) is 0 Å². The number of carbonyl (C=O) groups is 1. The lowest BCUT2D eigenvalue weighted by Gasteiger charge is -2.18. The monoisotopic (exact) mass is 212 g/mol. The molecule has 0 atom stereocenters. The second kappa shape index (κ2) is 5.51. The van der Waals surface area contributed by atoms with Crippen molar-refractivity contribution in [2.24, 2.45) is 0 Å². The van der Waals surface area contributed by atoms with Crippen LogP contribution in [0.15, 0.2) is 24.4 Å². The number of amides is 1. The number of aromatic nitrogens is 1. The molecule has 1 amide bonds. The molecule has 0 radical (unpaired) electrons. The number of aliphatic hydroxyl groups excluding tert-OH is 1. The lowest BCUT2D eigenvalue weighted by Crippen LogP contribution is -2.33. The maximum absolute atomic E-state index is 11.7. The van der Waals surface area contributed by atoms with Crippen LogP contribution in [0.2, 0.25) is 0 Å². The van der Waals surface area contributed by atoms with Gasteiger partial charge in [-0.1, -0.05) is 6.08 Å². The average Bonchev–Trinajstić information content (AvgIpc) is 2.69. The summed E-state index contributed by atoms with van der Waals surface area (Å²) in [6.45, 7) is 4.28. The third-order valence-electron chi connectivity index (χ3n) is 1.65. The molecule has 1 heterocycles. The zero-order valence-electron chi connectivity index (χ0n) is 7.72. The Labute approximate surface area is 86.5 Å². The molecule has 0 unspecified atom stereocenters. The predicted octanol–water partition coefficient (Wildman–Crippen LogP) is 0.764. The van der Waals surface area contributed by atoms with Gasteiger partial charge in [0.25, 0.3) is 5.91 Å². The van der Waals surface area contributed by atoms with E-state index in [2.05, 4.69) is 11.6 Å². The van der Waals surface area contributed by atoms with Gasteiger partial charge in [0.05, 0.1) is 18.3 Å². The Balaban J connectivity index is 2.68. The molecule has 0 aromatic carbocycles.